The number of aryl methyl sites for hydroxylation is 1. The number of rotatable bonds is 5. The molecule has 21 heavy (non-hydrogen) atoms. The van der Waals surface area contributed by atoms with Gasteiger partial charge in [-0.3, -0.25) is 9.98 Å². The molecule has 5 heteroatoms. The van der Waals surface area contributed by atoms with Gasteiger partial charge in [-0.25, -0.2) is 0 Å². The average Bonchev–Trinajstić information content (AvgIpc) is 2.49. The second-order valence-corrected chi connectivity index (χ2v) is 5.14. The summed E-state index contributed by atoms with van der Waals surface area (Å²) in [5, 5.41) is 20.0. The summed E-state index contributed by atoms with van der Waals surface area (Å²) in [5.74, 6) is 0.0665. The van der Waals surface area contributed by atoms with Crippen LogP contribution in [0.3, 0.4) is 0 Å². The topological polar surface area (TPSA) is 65.7 Å². The van der Waals surface area contributed by atoms with Crippen LogP contribution in [0.25, 0.3) is 0 Å². The molecule has 0 unspecified atom stereocenters. The third-order valence-electron chi connectivity index (χ3n) is 3.19. The SMILES string of the molecule is Cc1ncc(CO)c(C=NCCc2ccc(Cl)cc2)c1O. The molecule has 2 N–H and O–H groups in total. The normalized spacial score (nSPS) is 11.2. The van der Waals surface area contributed by atoms with E-state index in [-0.39, 0.29) is 12.4 Å². The zero-order valence-corrected chi connectivity index (χ0v) is 12.5. The number of benzene rings is 1. The summed E-state index contributed by atoms with van der Waals surface area (Å²) in [6.07, 6.45) is 3.92. The largest absolute Gasteiger partial charge is 0.505 e. The Morgan fingerprint density at radius 2 is 2.00 bits per heavy atom. The maximum atomic E-state index is 9.98. The van der Waals surface area contributed by atoms with E-state index >= 15 is 0 Å². The molecule has 0 aliphatic carbocycles. The third-order valence-corrected chi connectivity index (χ3v) is 3.44. The van der Waals surface area contributed by atoms with Crippen LogP contribution < -0.4 is 0 Å². The van der Waals surface area contributed by atoms with Crippen molar-refractivity contribution in [2.75, 3.05) is 6.54 Å². The molecule has 0 fully saturated rings. The number of aromatic hydroxyl groups is 1. The Morgan fingerprint density at radius 3 is 2.67 bits per heavy atom. The molecule has 0 saturated carbocycles. The third kappa shape index (κ3) is 4.03. The Morgan fingerprint density at radius 1 is 1.29 bits per heavy atom. The van der Waals surface area contributed by atoms with E-state index in [1.54, 1.807) is 19.3 Å². The molecule has 0 bridgehead atoms. The van der Waals surface area contributed by atoms with E-state index in [2.05, 4.69) is 9.98 Å². The summed E-state index contributed by atoms with van der Waals surface area (Å²) < 4.78 is 0. The number of hydrogen-bond acceptors (Lipinski definition) is 4. The number of halogens is 1. The van der Waals surface area contributed by atoms with E-state index in [4.69, 9.17) is 11.6 Å². The fraction of sp³-hybridized carbons (Fsp3) is 0.250. The van der Waals surface area contributed by atoms with Crippen LogP contribution in [0.15, 0.2) is 35.5 Å². The molecule has 1 aromatic carbocycles. The lowest BCUT2D eigenvalue weighted by Crippen LogP contribution is -1.99. The van der Waals surface area contributed by atoms with Gasteiger partial charge in [-0.05, 0) is 31.0 Å². The van der Waals surface area contributed by atoms with E-state index in [0.717, 1.165) is 12.0 Å². The van der Waals surface area contributed by atoms with Crippen LogP contribution in [0, 0.1) is 6.92 Å². The highest BCUT2D eigenvalue weighted by atomic mass is 35.5. The standard InChI is InChI=1S/C16H17ClN2O2/c1-11-16(21)15(13(10-20)8-19-11)9-18-7-6-12-2-4-14(17)5-3-12/h2-5,8-9,20-21H,6-7,10H2,1H3. The maximum absolute atomic E-state index is 9.98. The van der Waals surface area contributed by atoms with Crippen molar-refractivity contribution < 1.29 is 10.2 Å². The Balaban J connectivity index is 2.04. The van der Waals surface area contributed by atoms with E-state index in [1.165, 1.54) is 0 Å². The minimum absolute atomic E-state index is 0.0665. The second-order valence-electron chi connectivity index (χ2n) is 4.70. The van der Waals surface area contributed by atoms with Crippen LogP contribution in [0.1, 0.15) is 22.4 Å². The quantitative estimate of drug-likeness (QED) is 0.835. The lowest BCUT2D eigenvalue weighted by molar-refractivity contribution is 0.280. The Kier molecular flexibility index (Phi) is 5.31. The van der Waals surface area contributed by atoms with E-state index < -0.39 is 0 Å². The van der Waals surface area contributed by atoms with Crippen LogP contribution in [0.4, 0.5) is 0 Å². The summed E-state index contributed by atoms with van der Waals surface area (Å²) in [7, 11) is 0. The smallest absolute Gasteiger partial charge is 0.145 e. The molecular formula is C16H17ClN2O2. The van der Waals surface area contributed by atoms with Gasteiger partial charge in [0.2, 0.25) is 0 Å². The second kappa shape index (κ2) is 7.20. The van der Waals surface area contributed by atoms with Crippen LogP contribution in [0.2, 0.25) is 5.02 Å². The number of aromatic nitrogens is 1. The van der Waals surface area contributed by atoms with Gasteiger partial charge in [0.25, 0.3) is 0 Å². The van der Waals surface area contributed by atoms with Crippen LogP contribution >= 0.6 is 11.6 Å². The number of nitrogens with zero attached hydrogens (tertiary/aromatic N) is 2. The van der Waals surface area contributed by atoms with Gasteiger partial charge >= 0.3 is 0 Å². The zero-order chi connectivity index (χ0) is 15.2. The highest BCUT2D eigenvalue weighted by Crippen LogP contribution is 2.21. The molecule has 0 amide bonds. The van der Waals surface area contributed by atoms with Gasteiger partial charge in [-0.1, -0.05) is 23.7 Å². The first-order valence-corrected chi connectivity index (χ1v) is 7.02. The van der Waals surface area contributed by atoms with Gasteiger partial charge in [0, 0.05) is 35.1 Å². The zero-order valence-electron chi connectivity index (χ0n) is 11.8. The first-order valence-electron chi connectivity index (χ1n) is 6.64. The molecule has 0 spiro atoms. The van der Waals surface area contributed by atoms with Crippen LogP contribution in [-0.4, -0.2) is 28.0 Å². The predicted octanol–water partition coefficient (Wildman–Crippen LogP) is 2.90. The molecule has 0 saturated heterocycles. The summed E-state index contributed by atoms with van der Waals surface area (Å²) in [6.45, 7) is 2.12. The molecule has 2 aromatic rings. The number of aliphatic hydroxyl groups is 1. The van der Waals surface area contributed by atoms with Crippen molar-refractivity contribution in [3.63, 3.8) is 0 Å². The van der Waals surface area contributed by atoms with Crippen LogP contribution in [-0.2, 0) is 13.0 Å². The number of hydrogen-bond donors (Lipinski definition) is 2. The molecule has 2 rings (SSSR count). The Hall–Kier alpha value is -1.91. The molecule has 1 aromatic heterocycles. The van der Waals surface area contributed by atoms with Gasteiger partial charge in [0.05, 0.1) is 12.3 Å². The van der Waals surface area contributed by atoms with Gasteiger partial charge in [-0.2, -0.15) is 0 Å². The first-order chi connectivity index (χ1) is 10.1. The van der Waals surface area contributed by atoms with Crippen molar-refractivity contribution in [1.82, 2.24) is 4.98 Å². The lowest BCUT2D eigenvalue weighted by Gasteiger charge is -2.07. The van der Waals surface area contributed by atoms with Gasteiger partial charge < -0.3 is 10.2 Å². The van der Waals surface area contributed by atoms with E-state index in [9.17, 15) is 10.2 Å². The molecule has 0 radical (unpaired) electrons. The molecule has 0 aliphatic rings. The maximum Gasteiger partial charge on any atom is 0.145 e. The van der Waals surface area contributed by atoms with Crippen molar-refractivity contribution in [2.45, 2.75) is 20.0 Å². The molecule has 1 heterocycles. The van der Waals surface area contributed by atoms with Crippen molar-refractivity contribution in [2.24, 2.45) is 4.99 Å². The molecular weight excluding hydrogens is 288 g/mol. The molecule has 0 atom stereocenters. The summed E-state index contributed by atoms with van der Waals surface area (Å²) in [4.78, 5) is 8.32. The van der Waals surface area contributed by atoms with Crippen molar-refractivity contribution in [3.05, 3.63) is 57.9 Å². The molecule has 4 nitrogen and oxygen atoms in total. The van der Waals surface area contributed by atoms with E-state index in [0.29, 0.717) is 28.4 Å². The summed E-state index contributed by atoms with van der Waals surface area (Å²) >= 11 is 5.83. The van der Waals surface area contributed by atoms with Crippen molar-refractivity contribution >= 4 is 17.8 Å². The summed E-state index contributed by atoms with van der Waals surface area (Å²) in [6, 6.07) is 7.63. The van der Waals surface area contributed by atoms with Crippen LogP contribution in [0.5, 0.6) is 5.75 Å². The summed E-state index contributed by atoms with van der Waals surface area (Å²) in [5.41, 5.74) is 2.76. The monoisotopic (exact) mass is 304 g/mol. The molecule has 110 valence electrons. The number of pyridine rings is 1. The lowest BCUT2D eigenvalue weighted by atomic mass is 10.1. The van der Waals surface area contributed by atoms with Crippen molar-refractivity contribution in [1.29, 1.82) is 0 Å². The first kappa shape index (κ1) is 15.5. The molecule has 0 aliphatic heterocycles. The average molecular weight is 305 g/mol. The van der Waals surface area contributed by atoms with E-state index in [1.807, 2.05) is 24.3 Å². The van der Waals surface area contributed by atoms with Gasteiger partial charge in [0.15, 0.2) is 0 Å². The number of aliphatic imine (C=N–C) groups is 1. The predicted molar refractivity (Wildman–Crippen MR) is 84.2 cm³/mol. The van der Waals surface area contributed by atoms with Gasteiger partial charge in [-0.15, -0.1) is 0 Å². The fourth-order valence-corrected chi connectivity index (χ4v) is 2.05. The highest BCUT2D eigenvalue weighted by molar-refractivity contribution is 6.30. The minimum atomic E-state index is -0.181. The Labute approximate surface area is 128 Å². The van der Waals surface area contributed by atoms with Crippen molar-refractivity contribution in [3.8, 4) is 5.75 Å². The highest BCUT2D eigenvalue weighted by Gasteiger charge is 2.08. The van der Waals surface area contributed by atoms with Gasteiger partial charge in [0.1, 0.15) is 5.75 Å². The minimum Gasteiger partial charge on any atom is -0.505 e. The number of aliphatic hydroxyl groups excluding tert-OH is 1. The Bertz CT molecular complexity index is 639. The fourth-order valence-electron chi connectivity index (χ4n) is 1.92.